The molecule has 0 radical (unpaired) electrons. The summed E-state index contributed by atoms with van der Waals surface area (Å²) < 4.78 is 4.37. The average Bonchev–Trinajstić information content (AvgIpc) is 2.21. The Balaban J connectivity index is 3.90. The van der Waals surface area contributed by atoms with E-state index in [-0.39, 0.29) is 25.8 Å². The number of carbonyl (C=O) groups is 3. The zero-order valence-corrected chi connectivity index (χ0v) is 8.93. The molecule has 0 heterocycles. The number of hydrogen-bond acceptors (Lipinski definition) is 5. The van der Waals surface area contributed by atoms with Gasteiger partial charge in [-0.15, -0.1) is 0 Å². The van der Waals surface area contributed by atoms with Crippen LogP contribution in [-0.2, 0) is 19.1 Å². The number of carboxylic acids is 2. The van der Waals surface area contributed by atoms with Crippen LogP contribution in [0.5, 0.6) is 0 Å². The van der Waals surface area contributed by atoms with E-state index in [1.165, 1.54) is 7.11 Å². The summed E-state index contributed by atoms with van der Waals surface area (Å²) in [5, 5.41) is 19.7. The monoisotopic (exact) mass is 233 g/mol. The van der Waals surface area contributed by atoms with Crippen LogP contribution in [-0.4, -0.2) is 47.8 Å². The number of methoxy groups -OCH3 is 1. The number of nitrogens with one attached hydrogen (secondary N) is 1. The quantitative estimate of drug-likeness (QED) is 0.482. The molecule has 0 aromatic heterocycles. The average molecular weight is 233 g/mol. The highest BCUT2D eigenvalue weighted by atomic mass is 16.5. The lowest BCUT2D eigenvalue weighted by Gasteiger charge is -2.12. The zero-order chi connectivity index (χ0) is 12.6. The number of rotatable bonds is 8. The van der Waals surface area contributed by atoms with Gasteiger partial charge in [0.2, 0.25) is 0 Å². The molecule has 16 heavy (non-hydrogen) atoms. The van der Waals surface area contributed by atoms with Crippen LogP contribution in [0.2, 0.25) is 0 Å². The van der Waals surface area contributed by atoms with Gasteiger partial charge in [-0.2, -0.15) is 0 Å². The molecule has 0 aromatic rings. The van der Waals surface area contributed by atoms with Gasteiger partial charge in [-0.3, -0.25) is 14.4 Å². The third kappa shape index (κ3) is 6.77. The minimum atomic E-state index is -1.13. The van der Waals surface area contributed by atoms with E-state index in [1.54, 1.807) is 0 Å². The summed E-state index contributed by atoms with van der Waals surface area (Å²) in [6.07, 6.45) is -0.207. The van der Waals surface area contributed by atoms with Crippen molar-refractivity contribution in [2.75, 3.05) is 13.7 Å². The third-order valence-corrected chi connectivity index (χ3v) is 1.89. The van der Waals surface area contributed by atoms with Crippen molar-refractivity contribution in [1.29, 1.82) is 0 Å². The molecule has 0 fully saturated rings. The summed E-state index contributed by atoms with van der Waals surface area (Å²) in [6, 6.07) is -0.958. The van der Waals surface area contributed by atoms with Gasteiger partial charge in [-0.05, 0) is 6.42 Å². The second kappa shape index (κ2) is 7.63. The van der Waals surface area contributed by atoms with Crippen LogP contribution in [0, 0.1) is 0 Å². The maximum atomic E-state index is 10.7. The van der Waals surface area contributed by atoms with Crippen LogP contribution in [0.1, 0.15) is 19.3 Å². The van der Waals surface area contributed by atoms with Gasteiger partial charge in [-0.1, -0.05) is 0 Å². The molecule has 0 saturated heterocycles. The number of hydrogen-bond donors (Lipinski definition) is 3. The molecule has 7 heteroatoms. The molecule has 0 aliphatic rings. The first-order valence-electron chi connectivity index (χ1n) is 4.72. The second-order valence-electron chi connectivity index (χ2n) is 3.10. The van der Waals surface area contributed by atoms with Gasteiger partial charge in [-0.25, -0.2) is 0 Å². The fourth-order valence-corrected chi connectivity index (χ4v) is 1.03. The van der Waals surface area contributed by atoms with Crippen molar-refractivity contribution in [3.63, 3.8) is 0 Å². The highest BCUT2D eigenvalue weighted by Gasteiger charge is 2.18. The Bertz CT molecular complexity index is 265. The lowest BCUT2D eigenvalue weighted by Crippen LogP contribution is -2.38. The molecule has 0 rings (SSSR count). The normalized spacial score (nSPS) is 11.8. The Morgan fingerprint density at radius 3 is 2.31 bits per heavy atom. The van der Waals surface area contributed by atoms with Gasteiger partial charge >= 0.3 is 17.9 Å². The van der Waals surface area contributed by atoms with Crippen molar-refractivity contribution in [3.05, 3.63) is 0 Å². The first-order valence-corrected chi connectivity index (χ1v) is 4.72. The topological polar surface area (TPSA) is 113 Å². The maximum Gasteiger partial charge on any atom is 0.320 e. The standard InChI is InChI=1S/C9H15NO6/c1-16-8(13)4-5-10-6(9(14)15)2-3-7(11)12/h6,10H,2-5H2,1H3,(H,11,12)(H,14,15). The smallest absolute Gasteiger partial charge is 0.320 e. The summed E-state index contributed by atoms with van der Waals surface area (Å²) in [5.41, 5.74) is 0. The van der Waals surface area contributed by atoms with Crippen molar-refractivity contribution in [2.45, 2.75) is 25.3 Å². The van der Waals surface area contributed by atoms with E-state index in [4.69, 9.17) is 10.2 Å². The summed E-state index contributed by atoms with van der Waals surface area (Å²) in [5.74, 6) is -2.64. The molecule has 92 valence electrons. The molecule has 0 aliphatic carbocycles. The molecule has 0 bridgehead atoms. The zero-order valence-electron chi connectivity index (χ0n) is 8.93. The first-order chi connectivity index (χ1) is 7.47. The third-order valence-electron chi connectivity index (χ3n) is 1.89. The molecular weight excluding hydrogens is 218 g/mol. The van der Waals surface area contributed by atoms with E-state index in [9.17, 15) is 14.4 Å². The van der Waals surface area contributed by atoms with Crippen molar-refractivity contribution >= 4 is 17.9 Å². The highest BCUT2D eigenvalue weighted by molar-refractivity contribution is 5.75. The number of aliphatic carboxylic acids is 2. The van der Waals surface area contributed by atoms with Gasteiger partial charge < -0.3 is 20.3 Å². The molecule has 1 unspecified atom stereocenters. The molecule has 0 aliphatic heterocycles. The van der Waals surface area contributed by atoms with Crippen molar-refractivity contribution in [1.82, 2.24) is 5.32 Å². The first kappa shape index (κ1) is 14.4. The maximum absolute atomic E-state index is 10.7. The van der Waals surface area contributed by atoms with E-state index in [0.29, 0.717) is 0 Å². The van der Waals surface area contributed by atoms with Crippen LogP contribution >= 0.6 is 0 Å². The number of esters is 1. The molecule has 3 N–H and O–H groups in total. The molecule has 7 nitrogen and oxygen atoms in total. The van der Waals surface area contributed by atoms with Crippen LogP contribution < -0.4 is 5.32 Å². The van der Waals surface area contributed by atoms with Gasteiger partial charge in [0.25, 0.3) is 0 Å². The van der Waals surface area contributed by atoms with Crippen molar-refractivity contribution in [3.8, 4) is 0 Å². The van der Waals surface area contributed by atoms with Crippen LogP contribution in [0.25, 0.3) is 0 Å². The van der Waals surface area contributed by atoms with E-state index in [1.807, 2.05) is 0 Å². The molecule has 0 spiro atoms. The summed E-state index contributed by atoms with van der Waals surface area (Å²) in [4.78, 5) is 31.7. The number of ether oxygens (including phenoxy) is 1. The van der Waals surface area contributed by atoms with Gasteiger partial charge in [0.05, 0.1) is 13.5 Å². The van der Waals surface area contributed by atoms with Gasteiger partial charge in [0, 0.05) is 13.0 Å². The number of carbonyl (C=O) groups excluding carboxylic acids is 1. The Morgan fingerprint density at radius 1 is 1.25 bits per heavy atom. The fourth-order valence-electron chi connectivity index (χ4n) is 1.03. The minimum absolute atomic E-state index is 0.0220. The predicted octanol–water partition coefficient (Wildman–Crippen LogP) is -0.543. The Kier molecular flexibility index (Phi) is 6.86. The molecule has 0 aromatic carbocycles. The number of carboxylic acid groups (broad SMARTS) is 2. The predicted molar refractivity (Wildman–Crippen MR) is 52.9 cm³/mol. The second-order valence-corrected chi connectivity index (χ2v) is 3.10. The van der Waals surface area contributed by atoms with Crippen molar-refractivity contribution in [2.24, 2.45) is 0 Å². The van der Waals surface area contributed by atoms with Crippen LogP contribution in [0.15, 0.2) is 0 Å². The van der Waals surface area contributed by atoms with E-state index in [0.717, 1.165) is 0 Å². The molecule has 1 atom stereocenters. The van der Waals surface area contributed by atoms with Gasteiger partial charge in [0.1, 0.15) is 6.04 Å². The summed E-state index contributed by atoms with van der Waals surface area (Å²) >= 11 is 0. The van der Waals surface area contributed by atoms with Gasteiger partial charge in [0.15, 0.2) is 0 Å². The summed E-state index contributed by atoms with van der Waals surface area (Å²) in [6.45, 7) is 0.142. The SMILES string of the molecule is COC(=O)CCNC(CCC(=O)O)C(=O)O. The lowest BCUT2D eigenvalue weighted by atomic mass is 10.1. The highest BCUT2D eigenvalue weighted by Crippen LogP contribution is 1.98. The van der Waals surface area contributed by atoms with Crippen molar-refractivity contribution < 1.29 is 29.3 Å². The van der Waals surface area contributed by atoms with Crippen LogP contribution in [0.4, 0.5) is 0 Å². The molecular formula is C9H15NO6. The Hall–Kier alpha value is -1.63. The van der Waals surface area contributed by atoms with E-state index in [2.05, 4.69) is 10.1 Å². The van der Waals surface area contributed by atoms with E-state index < -0.39 is 23.9 Å². The molecule has 0 amide bonds. The Morgan fingerprint density at radius 2 is 1.88 bits per heavy atom. The molecule has 0 saturated carbocycles. The Labute approximate surface area is 92.4 Å². The minimum Gasteiger partial charge on any atom is -0.481 e. The lowest BCUT2D eigenvalue weighted by molar-refractivity contribution is -0.143. The van der Waals surface area contributed by atoms with Crippen LogP contribution in [0.3, 0.4) is 0 Å². The largest absolute Gasteiger partial charge is 0.481 e. The fraction of sp³-hybridized carbons (Fsp3) is 0.667. The summed E-state index contributed by atoms with van der Waals surface area (Å²) in [7, 11) is 1.24. The van der Waals surface area contributed by atoms with E-state index >= 15 is 0 Å².